The van der Waals surface area contributed by atoms with Crippen LogP contribution in [0.15, 0.2) is 58.1 Å². The first kappa shape index (κ1) is 16.5. The van der Waals surface area contributed by atoms with Crippen LogP contribution >= 0.6 is 27.5 Å². The molecule has 3 nitrogen and oxygen atoms in total. The van der Waals surface area contributed by atoms with Crippen LogP contribution in [0.3, 0.4) is 0 Å². The molecule has 5 heteroatoms. The van der Waals surface area contributed by atoms with Gasteiger partial charge in [0.15, 0.2) is 0 Å². The predicted molar refractivity (Wildman–Crippen MR) is 99.2 cm³/mol. The molecule has 0 amide bonds. The fraction of sp³-hybridized carbons (Fsp3) is 0.278. The summed E-state index contributed by atoms with van der Waals surface area (Å²) in [7, 11) is 0. The maximum absolute atomic E-state index is 5.94. The summed E-state index contributed by atoms with van der Waals surface area (Å²) in [6.45, 7) is 5.25. The molecule has 1 fully saturated rings. The molecule has 0 aromatic heterocycles. The average molecular weight is 394 g/mol. The van der Waals surface area contributed by atoms with Crippen LogP contribution < -0.4 is 4.90 Å². The Bertz CT molecular complexity index is 664. The Kier molecular flexibility index (Phi) is 5.70. The van der Waals surface area contributed by atoms with Gasteiger partial charge in [-0.25, -0.2) is 0 Å². The van der Waals surface area contributed by atoms with Gasteiger partial charge in [0.25, 0.3) is 0 Å². The van der Waals surface area contributed by atoms with Gasteiger partial charge in [0.1, 0.15) is 6.54 Å². The van der Waals surface area contributed by atoms with Crippen LogP contribution in [-0.2, 0) is 6.54 Å². The Morgan fingerprint density at radius 1 is 1.09 bits per heavy atom. The van der Waals surface area contributed by atoms with Crippen molar-refractivity contribution < 1.29 is 4.90 Å². The molecule has 0 atom stereocenters. The van der Waals surface area contributed by atoms with E-state index in [-0.39, 0.29) is 0 Å². The smallest absolute Gasteiger partial charge is 0.103 e. The minimum Gasteiger partial charge on any atom is -0.328 e. The molecule has 0 spiro atoms. The minimum atomic E-state index is 0.801. The Morgan fingerprint density at radius 3 is 2.48 bits per heavy atom. The van der Waals surface area contributed by atoms with Gasteiger partial charge in [0, 0.05) is 20.6 Å². The van der Waals surface area contributed by atoms with Crippen LogP contribution in [0.1, 0.15) is 11.1 Å². The number of quaternary nitrogens is 1. The zero-order chi connectivity index (χ0) is 16.1. The molecule has 0 aliphatic carbocycles. The van der Waals surface area contributed by atoms with Gasteiger partial charge in [-0.3, -0.25) is 5.01 Å². The van der Waals surface area contributed by atoms with E-state index in [4.69, 9.17) is 11.6 Å². The molecule has 0 radical (unpaired) electrons. The summed E-state index contributed by atoms with van der Waals surface area (Å²) in [5.74, 6) is 0. The van der Waals surface area contributed by atoms with Gasteiger partial charge in [-0.05, 0) is 18.2 Å². The number of hydrogen-bond donors (Lipinski definition) is 1. The summed E-state index contributed by atoms with van der Waals surface area (Å²) in [5.41, 5.74) is 2.46. The van der Waals surface area contributed by atoms with E-state index in [1.165, 1.54) is 5.56 Å². The summed E-state index contributed by atoms with van der Waals surface area (Å²) in [6, 6.07) is 16.3. The van der Waals surface area contributed by atoms with Crippen molar-refractivity contribution in [2.45, 2.75) is 6.54 Å². The highest BCUT2D eigenvalue weighted by Gasteiger charge is 2.18. The molecule has 23 heavy (non-hydrogen) atoms. The first-order chi connectivity index (χ1) is 11.2. The van der Waals surface area contributed by atoms with Crippen molar-refractivity contribution in [2.24, 2.45) is 5.10 Å². The zero-order valence-electron chi connectivity index (χ0n) is 12.9. The van der Waals surface area contributed by atoms with E-state index in [2.05, 4.69) is 44.2 Å². The quantitative estimate of drug-likeness (QED) is 0.792. The maximum atomic E-state index is 5.94. The van der Waals surface area contributed by atoms with Crippen molar-refractivity contribution in [1.82, 2.24) is 5.01 Å². The number of piperazine rings is 1. The van der Waals surface area contributed by atoms with Crippen LogP contribution in [0.25, 0.3) is 0 Å². The number of hydrogen-bond acceptors (Lipinski definition) is 2. The number of benzene rings is 2. The van der Waals surface area contributed by atoms with Crippen LogP contribution in [0, 0.1) is 0 Å². The third-order valence-electron chi connectivity index (χ3n) is 4.08. The number of hydrazone groups is 1. The lowest BCUT2D eigenvalue weighted by Crippen LogP contribution is -3.13. The number of rotatable bonds is 4. The van der Waals surface area contributed by atoms with E-state index in [0.29, 0.717) is 0 Å². The van der Waals surface area contributed by atoms with Crippen molar-refractivity contribution in [3.05, 3.63) is 69.2 Å². The molecule has 2 aromatic carbocycles. The molecule has 1 aliphatic rings. The van der Waals surface area contributed by atoms with Gasteiger partial charge >= 0.3 is 0 Å². The van der Waals surface area contributed by atoms with E-state index in [1.807, 2.05) is 36.5 Å². The van der Waals surface area contributed by atoms with Gasteiger partial charge in [-0.15, -0.1) is 0 Å². The van der Waals surface area contributed by atoms with Gasteiger partial charge in [0.2, 0.25) is 0 Å². The molecule has 1 heterocycles. The number of nitrogens with one attached hydrogen (secondary N) is 1. The summed E-state index contributed by atoms with van der Waals surface area (Å²) < 4.78 is 1.08. The summed E-state index contributed by atoms with van der Waals surface area (Å²) >= 11 is 9.49. The van der Waals surface area contributed by atoms with E-state index in [1.54, 1.807) is 4.90 Å². The van der Waals surface area contributed by atoms with Gasteiger partial charge in [-0.1, -0.05) is 57.9 Å². The lowest BCUT2D eigenvalue weighted by atomic mass is 10.2. The second-order valence-electron chi connectivity index (χ2n) is 5.77. The second kappa shape index (κ2) is 7.95. The third-order valence-corrected chi connectivity index (χ3v) is 5.05. The lowest BCUT2D eigenvalue weighted by Gasteiger charge is -2.30. The molecule has 120 valence electrons. The van der Waals surface area contributed by atoms with Crippen molar-refractivity contribution >= 4 is 33.7 Å². The van der Waals surface area contributed by atoms with Crippen molar-refractivity contribution in [2.75, 3.05) is 26.2 Å². The van der Waals surface area contributed by atoms with Gasteiger partial charge in [0.05, 0.1) is 32.4 Å². The normalized spacial score (nSPS) is 16.2. The first-order valence-corrected chi connectivity index (χ1v) is 8.99. The maximum Gasteiger partial charge on any atom is 0.103 e. The SMILES string of the molecule is Clc1ccc(C[NH+]2CCN(/N=C\c3ccccc3Br)CC2)cc1. The summed E-state index contributed by atoms with van der Waals surface area (Å²) in [4.78, 5) is 1.60. The van der Waals surface area contributed by atoms with Crippen LogP contribution in [0.5, 0.6) is 0 Å². The average Bonchev–Trinajstić information content (AvgIpc) is 2.58. The van der Waals surface area contributed by atoms with Crippen molar-refractivity contribution in [1.29, 1.82) is 0 Å². The van der Waals surface area contributed by atoms with Crippen molar-refractivity contribution in [3.8, 4) is 0 Å². The molecular formula is C18H20BrClN3+. The molecule has 0 bridgehead atoms. The number of halogens is 2. The molecule has 1 saturated heterocycles. The van der Waals surface area contributed by atoms with Gasteiger partial charge in [-0.2, -0.15) is 5.10 Å². The number of nitrogens with zero attached hydrogens (tertiary/aromatic N) is 2. The Morgan fingerprint density at radius 2 is 1.78 bits per heavy atom. The third kappa shape index (κ3) is 4.80. The zero-order valence-corrected chi connectivity index (χ0v) is 15.2. The van der Waals surface area contributed by atoms with E-state index >= 15 is 0 Å². The van der Waals surface area contributed by atoms with Crippen LogP contribution in [0.2, 0.25) is 5.02 Å². The molecule has 0 saturated carbocycles. The van der Waals surface area contributed by atoms with Crippen LogP contribution in [-0.4, -0.2) is 37.4 Å². The van der Waals surface area contributed by atoms with E-state index < -0.39 is 0 Å². The predicted octanol–water partition coefficient (Wildman–Crippen LogP) is 2.84. The fourth-order valence-electron chi connectivity index (χ4n) is 2.72. The van der Waals surface area contributed by atoms with E-state index in [0.717, 1.165) is 47.8 Å². The highest BCUT2D eigenvalue weighted by atomic mass is 79.9. The van der Waals surface area contributed by atoms with Gasteiger partial charge < -0.3 is 4.90 Å². The fourth-order valence-corrected chi connectivity index (χ4v) is 3.23. The highest BCUT2D eigenvalue weighted by Crippen LogP contribution is 2.13. The van der Waals surface area contributed by atoms with Crippen LogP contribution in [0.4, 0.5) is 0 Å². The summed E-state index contributed by atoms with van der Waals surface area (Å²) in [5, 5.41) is 7.57. The Balaban J connectivity index is 1.50. The second-order valence-corrected chi connectivity index (χ2v) is 7.06. The highest BCUT2D eigenvalue weighted by molar-refractivity contribution is 9.10. The Hall–Kier alpha value is -1.36. The lowest BCUT2D eigenvalue weighted by molar-refractivity contribution is -0.918. The topological polar surface area (TPSA) is 20.0 Å². The first-order valence-electron chi connectivity index (χ1n) is 7.82. The molecule has 1 N–H and O–H groups in total. The minimum absolute atomic E-state index is 0.801. The summed E-state index contributed by atoms with van der Waals surface area (Å²) in [6.07, 6.45) is 1.94. The molecular weight excluding hydrogens is 374 g/mol. The molecule has 2 aromatic rings. The van der Waals surface area contributed by atoms with Crippen molar-refractivity contribution in [3.63, 3.8) is 0 Å². The van der Waals surface area contributed by atoms with E-state index in [9.17, 15) is 0 Å². The molecule has 1 aliphatic heterocycles. The molecule has 3 rings (SSSR count). The Labute approximate surface area is 150 Å². The monoisotopic (exact) mass is 392 g/mol. The largest absolute Gasteiger partial charge is 0.328 e. The molecule has 0 unspecified atom stereocenters. The standard InChI is InChI=1S/C18H19BrClN3/c19-18-4-2-1-3-16(18)13-21-23-11-9-22(10-12-23)14-15-5-7-17(20)8-6-15/h1-8,13H,9-12,14H2/p+1/b21-13-.